The van der Waals surface area contributed by atoms with Gasteiger partial charge < -0.3 is 20.3 Å². The first kappa shape index (κ1) is 21.0. The fourth-order valence-electron chi connectivity index (χ4n) is 5.75. The highest BCUT2D eigenvalue weighted by molar-refractivity contribution is 5.99. The van der Waals surface area contributed by atoms with Gasteiger partial charge in [-0.15, -0.1) is 0 Å². The average molecular weight is 434 g/mol. The molecule has 2 saturated heterocycles. The van der Waals surface area contributed by atoms with E-state index < -0.39 is 0 Å². The van der Waals surface area contributed by atoms with E-state index in [0.29, 0.717) is 17.9 Å². The number of nitrogens with zero attached hydrogens (tertiary/aromatic N) is 1. The van der Waals surface area contributed by atoms with Crippen LogP contribution in [0.1, 0.15) is 65.3 Å². The van der Waals surface area contributed by atoms with E-state index in [4.69, 9.17) is 4.74 Å². The Morgan fingerprint density at radius 1 is 1.22 bits per heavy atom. The summed E-state index contributed by atoms with van der Waals surface area (Å²) in [6.07, 6.45) is 3.60. The van der Waals surface area contributed by atoms with Crippen LogP contribution in [0.3, 0.4) is 0 Å². The van der Waals surface area contributed by atoms with Gasteiger partial charge in [0.1, 0.15) is 5.75 Å². The Balaban J connectivity index is 1.52. The summed E-state index contributed by atoms with van der Waals surface area (Å²) < 4.78 is 5.65. The van der Waals surface area contributed by atoms with Crippen LogP contribution in [0.2, 0.25) is 0 Å². The first-order valence-electron chi connectivity index (χ1n) is 11.7. The number of carbonyl (C=O) groups is 2. The van der Waals surface area contributed by atoms with E-state index in [1.54, 1.807) is 7.11 Å². The minimum absolute atomic E-state index is 0.0579. The third kappa shape index (κ3) is 3.56. The Bertz CT molecular complexity index is 1020. The van der Waals surface area contributed by atoms with Crippen molar-refractivity contribution in [3.05, 3.63) is 64.7 Å². The Morgan fingerprint density at radius 3 is 2.81 bits per heavy atom. The number of carbonyl (C=O) groups excluding carboxylic acids is 2. The predicted molar refractivity (Wildman–Crippen MR) is 123 cm³/mol. The number of methoxy groups -OCH3 is 1. The average Bonchev–Trinajstić information content (AvgIpc) is 2.83. The summed E-state index contributed by atoms with van der Waals surface area (Å²) >= 11 is 0. The van der Waals surface area contributed by atoms with Gasteiger partial charge in [0, 0.05) is 12.6 Å². The molecule has 3 heterocycles. The van der Waals surface area contributed by atoms with Crippen molar-refractivity contribution in [2.75, 3.05) is 20.2 Å². The lowest BCUT2D eigenvalue weighted by Gasteiger charge is -2.49. The number of benzene rings is 2. The molecule has 168 valence electrons. The molecule has 3 aliphatic heterocycles. The molecular formula is C26H31N3O3. The minimum atomic E-state index is -0.150. The van der Waals surface area contributed by atoms with Crippen molar-refractivity contribution in [1.82, 2.24) is 15.5 Å². The lowest BCUT2D eigenvalue weighted by Crippen LogP contribution is -2.58. The molecule has 2 aromatic carbocycles. The zero-order chi connectivity index (χ0) is 22.2. The third-order valence-corrected chi connectivity index (χ3v) is 7.38. The molecule has 6 heteroatoms. The summed E-state index contributed by atoms with van der Waals surface area (Å²) in [7, 11) is 1.60. The molecule has 0 radical (unpaired) electrons. The summed E-state index contributed by atoms with van der Waals surface area (Å²) in [6, 6.07) is 13.8. The van der Waals surface area contributed by atoms with E-state index in [-0.39, 0.29) is 35.9 Å². The zero-order valence-electron chi connectivity index (χ0n) is 18.8. The minimum Gasteiger partial charge on any atom is -0.496 e. The fourth-order valence-corrected chi connectivity index (χ4v) is 5.75. The highest BCUT2D eigenvalue weighted by Gasteiger charge is 2.46. The highest BCUT2D eigenvalue weighted by Crippen LogP contribution is 2.44. The summed E-state index contributed by atoms with van der Waals surface area (Å²) in [5, 5.41) is 6.73. The van der Waals surface area contributed by atoms with Crippen molar-refractivity contribution < 1.29 is 14.3 Å². The van der Waals surface area contributed by atoms with Crippen LogP contribution in [0.4, 0.5) is 0 Å². The van der Waals surface area contributed by atoms with Crippen molar-refractivity contribution in [2.24, 2.45) is 5.92 Å². The van der Waals surface area contributed by atoms with Gasteiger partial charge in [-0.1, -0.05) is 36.4 Å². The Labute approximate surface area is 189 Å². The van der Waals surface area contributed by atoms with Gasteiger partial charge in [0.15, 0.2) is 0 Å². The molecule has 3 unspecified atom stereocenters. The summed E-state index contributed by atoms with van der Waals surface area (Å²) in [4.78, 5) is 29.0. The van der Waals surface area contributed by atoms with Crippen LogP contribution in [-0.2, 0) is 11.2 Å². The van der Waals surface area contributed by atoms with Crippen molar-refractivity contribution in [3.8, 4) is 5.75 Å². The van der Waals surface area contributed by atoms with Crippen molar-refractivity contribution in [3.63, 3.8) is 0 Å². The molecule has 0 bridgehead atoms. The van der Waals surface area contributed by atoms with Crippen molar-refractivity contribution in [2.45, 2.75) is 50.7 Å². The van der Waals surface area contributed by atoms with Crippen LogP contribution in [0.5, 0.6) is 5.75 Å². The number of fused-ring (bicyclic) bond motifs is 4. The van der Waals surface area contributed by atoms with Gasteiger partial charge in [0.25, 0.3) is 5.91 Å². The Hall–Kier alpha value is -2.86. The number of hydrogen-bond donors (Lipinski definition) is 2. The van der Waals surface area contributed by atoms with Gasteiger partial charge >= 0.3 is 0 Å². The van der Waals surface area contributed by atoms with Crippen LogP contribution in [0, 0.1) is 5.92 Å². The van der Waals surface area contributed by atoms with Crippen LogP contribution < -0.4 is 15.4 Å². The number of nitrogens with one attached hydrogen (secondary N) is 2. The molecule has 0 spiro atoms. The van der Waals surface area contributed by atoms with E-state index >= 15 is 0 Å². The maximum atomic E-state index is 13.6. The first-order chi connectivity index (χ1) is 15.6. The van der Waals surface area contributed by atoms with Gasteiger partial charge in [-0.3, -0.25) is 9.59 Å². The Morgan fingerprint density at radius 2 is 2.03 bits per heavy atom. The molecule has 0 saturated carbocycles. The topological polar surface area (TPSA) is 70.7 Å². The van der Waals surface area contributed by atoms with Crippen LogP contribution in [0.15, 0.2) is 42.5 Å². The molecule has 2 fully saturated rings. The fraction of sp³-hybridized carbons (Fsp3) is 0.462. The van der Waals surface area contributed by atoms with Crippen LogP contribution in [0.25, 0.3) is 0 Å². The molecule has 5 rings (SSSR count). The largest absolute Gasteiger partial charge is 0.496 e. The molecule has 3 aliphatic rings. The summed E-state index contributed by atoms with van der Waals surface area (Å²) in [6.45, 7) is 3.66. The molecule has 2 N–H and O–H groups in total. The number of amides is 2. The number of rotatable bonds is 4. The second-order valence-electron chi connectivity index (χ2n) is 9.16. The molecule has 6 nitrogen and oxygen atoms in total. The maximum Gasteiger partial charge on any atom is 0.255 e. The Kier molecular flexibility index (Phi) is 5.64. The monoisotopic (exact) mass is 433 g/mol. The quantitative estimate of drug-likeness (QED) is 0.776. The highest BCUT2D eigenvalue weighted by atomic mass is 16.5. The van der Waals surface area contributed by atoms with E-state index in [1.807, 2.05) is 48.2 Å². The van der Waals surface area contributed by atoms with Crippen LogP contribution >= 0.6 is 0 Å². The molecule has 0 aromatic heterocycles. The van der Waals surface area contributed by atoms with Crippen molar-refractivity contribution in [1.29, 1.82) is 0 Å². The maximum absolute atomic E-state index is 13.6. The standard InChI is InChI=1S/C26H31N3O3/c1-16(17-7-4-3-5-8-17)28-25(30)24-22(32-2)11-10-18-12-14-29-21(23(18)24)15-20-19(26(29)31)9-6-13-27-20/h3-5,7-8,10-11,16,19-21,27H,6,9,12-15H2,1-2H3,(H,28,30)/t16-,19?,20?,21?/m1/s1. The first-order valence-corrected chi connectivity index (χ1v) is 11.7. The number of ether oxygens (including phenoxy) is 1. The van der Waals surface area contributed by atoms with Crippen LogP contribution in [-0.4, -0.2) is 43.0 Å². The molecule has 2 amide bonds. The molecule has 4 atom stereocenters. The van der Waals surface area contributed by atoms with Gasteiger partial charge in [0.2, 0.25) is 5.91 Å². The smallest absolute Gasteiger partial charge is 0.255 e. The van der Waals surface area contributed by atoms with E-state index in [9.17, 15) is 9.59 Å². The van der Waals surface area contributed by atoms with Gasteiger partial charge in [-0.2, -0.15) is 0 Å². The normalized spacial score (nSPS) is 25.2. The van der Waals surface area contributed by atoms with Gasteiger partial charge in [-0.25, -0.2) is 0 Å². The van der Waals surface area contributed by atoms with Gasteiger partial charge in [0.05, 0.1) is 30.7 Å². The van der Waals surface area contributed by atoms with E-state index in [1.165, 1.54) is 0 Å². The van der Waals surface area contributed by atoms with E-state index in [0.717, 1.165) is 48.9 Å². The zero-order valence-corrected chi connectivity index (χ0v) is 18.8. The van der Waals surface area contributed by atoms with Gasteiger partial charge in [-0.05, 0) is 61.9 Å². The SMILES string of the molecule is COc1ccc2c(c1C(=O)N[C@H](C)c1ccccc1)C1CC3NCCCC3C(=O)N1CC2. The third-order valence-electron chi connectivity index (χ3n) is 7.38. The lowest BCUT2D eigenvalue weighted by atomic mass is 9.75. The number of hydrogen-bond acceptors (Lipinski definition) is 4. The molecule has 2 aromatic rings. The predicted octanol–water partition coefficient (Wildman–Crippen LogP) is 3.38. The van der Waals surface area contributed by atoms with E-state index in [2.05, 4.69) is 16.7 Å². The number of piperidine rings is 2. The lowest BCUT2D eigenvalue weighted by molar-refractivity contribution is -0.145. The summed E-state index contributed by atoms with van der Waals surface area (Å²) in [5.41, 5.74) is 3.73. The second kappa shape index (κ2) is 8.58. The second-order valence-corrected chi connectivity index (χ2v) is 9.16. The molecule has 32 heavy (non-hydrogen) atoms. The molecule has 0 aliphatic carbocycles. The molecular weight excluding hydrogens is 402 g/mol. The summed E-state index contributed by atoms with van der Waals surface area (Å²) in [5.74, 6) is 0.705. The van der Waals surface area contributed by atoms with Crippen molar-refractivity contribution >= 4 is 11.8 Å².